The van der Waals surface area contributed by atoms with Crippen LogP contribution in [-0.4, -0.2) is 47.8 Å². The van der Waals surface area contributed by atoms with Gasteiger partial charge in [0.1, 0.15) is 6.10 Å². The van der Waals surface area contributed by atoms with Crippen LogP contribution in [0.2, 0.25) is 0 Å². The van der Waals surface area contributed by atoms with E-state index in [1.165, 1.54) is 0 Å². The number of epoxide rings is 1. The zero-order valence-corrected chi connectivity index (χ0v) is 10.9. The van der Waals surface area contributed by atoms with Crippen molar-refractivity contribution in [2.24, 2.45) is 17.8 Å². The molecule has 2 saturated heterocycles. The lowest BCUT2D eigenvalue weighted by atomic mass is 9.87. The maximum atomic E-state index is 9.86. The molecular weight excluding hydrogens is 220 g/mol. The van der Waals surface area contributed by atoms with Gasteiger partial charge in [0, 0.05) is 5.92 Å². The van der Waals surface area contributed by atoms with E-state index in [1.807, 2.05) is 0 Å². The molecule has 2 fully saturated rings. The van der Waals surface area contributed by atoms with Gasteiger partial charge in [-0.1, -0.05) is 20.8 Å². The lowest BCUT2D eigenvalue weighted by molar-refractivity contribution is -0.123. The van der Waals surface area contributed by atoms with E-state index in [2.05, 4.69) is 20.8 Å². The molecule has 2 aliphatic heterocycles. The third-order valence-electron chi connectivity index (χ3n) is 4.22. The van der Waals surface area contributed by atoms with Gasteiger partial charge in [-0.25, -0.2) is 0 Å². The smallest absolute Gasteiger partial charge is 0.103 e. The zero-order valence-electron chi connectivity index (χ0n) is 10.9. The van der Waals surface area contributed by atoms with Crippen molar-refractivity contribution in [1.82, 2.24) is 0 Å². The Balaban J connectivity index is 1.79. The lowest BCUT2D eigenvalue weighted by Crippen LogP contribution is -2.44. The van der Waals surface area contributed by atoms with Gasteiger partial charge in [0.2, 0.25) is 0 Å². The van der Waals surface area contributed by atoms with E-state index < -0.39 is 12.2 Å². The Morgan fingerprint density at radius 3 is 2.53 bits per heavy atom. The molecule has 0 spiro atoms. The molecule has 0 amide bonds. The van der Waals surface area contributed by atoms with Gasteiger partial charge in [0.25, 0.3) is 0 Å². The normalized spacial score (nSPS) is 43.8. The van der Waals surface area contributed by atoms with E-state index in [0.29, 0.717) is 24.5 Å². The topological polar surface area (TPSA) is 62.2 Å². The molecule has 2 aliphatic rings. The highest BCUT2D eigenvalue weighted by Gasteiger charge is 2.46. The standard InChI is InChI=1S/C13H24O4/c1-7(2)8(3)13-11(17-13)4-9-5-16-6-10(14)12(9)15/h7-15H,4-6H2,1-3H3/t8-,9-,10-,11-,12+,13-/m0/s1. The molecular formula is C13H24O4. The highest BCUT2D eigenvalue weighted by molar-refractivity contribution is 4.93. The molecule has 0 aromatic carbocycles. The van der Waals surface area contributed by atoms with E-state index in [-0.39, 0.29) is 18.6 Å². The zero-order chi connectivity index (χ0) is 12.6. The second kappa shape index (κ2) is 5.22. The molecule has 0 bridgehead atoms. The summed E-state index contributed by atoms with van der Waals surface area (Å²) in [4.78, 5) is 0. The molecule has 0 aromatic rings. The average Bonchev–Trinajstić information content (AvgIpc) is 3.03. The van der Waals surface area contributed by atoms with Gasteiger partial charge in [-0.05, 0) is 18.3 Å². The highest BCUT2D eigenvalue weighted by atomic mass is 16.6. The molecule has 2 heterocycles. The summed E-state index contributed by atoms with van der Waals surface area (Å²) in [5.74, 6) is 1.17. The Morgan fingerprint density at radius 1 is 1.18 bits per heavy atom. The van der Waals surface area contributed by atoms with Crippen LogP contribution in [0.1, 0.15) is 27.2 Å². The summed E-state index contributed by atoms with van der Waals surface area (Å²) in [5, 5.41) is 19.4. The quantitative estimate of drug-likeness (QED) is 0.718. The summed E-state index contributed by atoms with van der Waals surface area (Å²) < 4.78 is 10.9. The summed E-state index contributed by atoms with van der Waals surface area (Å²) in [5.41, 5.74) is 0. The van der Waals surface area contributed by atoms with Gasteiger partial charge in [0.15, 0.2) is 0 Å². The molecule has 2 N–H and O–H groups in total. The number of aliphatic hydroxyl groups is 2. The van der Waals surface area contributed by atoms with E-state index in [0.717, 1.165) is 6.42 Å². The molecule has 0 aromatic heterocycles. The predicted octanol–water partition coefficient (Wildman–Crippen LogP) is 0.804. The second-order valence-electron chi connectivity index (χ2n) is 5.83. The van der Waals surface area contributed by atoms with Gasteiger partial charge in [0.05, 0.1) is 31.5 Å². The second-order valence-corrected chi connectivity index (χ2v) is 5.83. The summed E-state index contributed by atoms with van der Waals surface area (Å²) in [6, 6.07) is 0. The fourth-order valence-corrected chi connectivity index (χ4v) is 2.55. The van der Waals surface area contributed by atoms with Gasteiger partial charge in [-0.15, -0.1) is 0 Å². The molecule has 0 saturated carbocycles. The van der Waals surface area contributed by atoms with Crippen LogP contribution in [0.15, 0.2) is 0 Å². The Bertz CT molecular complexity index is 256. The van der Waals surface area contributed by atoms with Gasteiger partial charge < -0.3 is 19.7 Å². The van der Waals surface area contributed by atoms with Crippen LogP contribution in [0.5, 0.6) is 0 Å². The van der Waals surface area contributed by atoms with Gasteiger partial charge in [-0.3, -0.25) is 0 Å². The number of hydrogen-bond donors (Lipinski definition) is 2. The molecule has 4 heteroatoms. The SMILES string of the molecule is CC(C)[C@H](C)[C@@H]1O[C@H]1C[C@H]1COC[C@H](O)[C@@H]1O. The van der Waals surface area contributed by atoms with Crippen LogP contribution in [0.25, 0.3) is 0 Å². The largest absolute Gasteiger partial charge is 0.390 e. The predicted molar refractivity (Wildman–Crippen MR) is 63.6 cm³/mol. The van der Waals surface area contributed by atoms with Crippen molar-refractivity contribution in [3.8, 4) is 0 Å². The Labute approximate surface area is 103 Å². The monoisotopic (exact) mass is 244 g/mol. The summed E-state index contributed by atoms with van der Waals surface area (Å²) in [6.45, 7) is 7.38. The van der Waals surface area contributed by atoms with Crippen molar-refractivity contribution in [3.05, 3.63) is 0 Å². The van der Waals surface area contributed by atoms with Gasteiger partial charge in [-0.2, -0.15) is 0 Å². The first-order valence-corrected chi connectivity index (χ1v) is 6.60. The summed E-state index contributed by atoms with van der Waals surface area (Å²) >= 11 is 0. The minimum Gasteiger partial charge on any atom is -0.390 e. The third-order valence-corrected chi connectivity index (χ3v) is 4.22. The van der Waals surface area contributed by atoms with Crippen LogP contribution < -0.4 is 0 Å². The minimum absolute atomic E-state index is 0.00751. The van der Waals surface area contributed by atoms with Crippen molar-refractivity contribution >= 4 is 0 Å². The van der Waals surface area contributed by atoms with E-state index in [1.54, 1.807) is 0 Å². The summed E-state index contributed by atoms with van der Waals surface area (Å²) in [6.07, 6.45) is -0.0569. The van der Waals surface area contributed by atoms with Crippen LogP contribution in [-0.2, 0) is 9.47 Å². The van der Waals surface area contributed by atoms with Crippen LogP contribution in [0.3, 0.4) is 0 Å². The molecule has 100 valence electrons. The van der Waals surface area contributed by atoms with E-state index >= 15 is 0 Å². The number of hydrogen-bond acceptors (Lipinski definition) is 4. The Hall–Kier alpha value is -0.160. The van der Waals surface area contributed by atoms with Gasteiger partial charge >= 0.3 is 0 Å². The molecule has 6 atom stereocenters. The van der Waals surface area contributed by atoms with Crippen LogP contribution >= 0.6 is 0 Å². The van der Waals surface area contributed by atoms with Crippen molar-refractivity contribution in [2.45, 2.75) is 51.6 Å². The first-order valence-electron chi connectivity index (χ1n) is 6.60. The number of aliphatic hydroxyl groups excluding tert-OH is 2. The fourth-order valence-electron chi connectivity index (χ4n) is 2.55. The number of ether oxygens (including phenoxy) is 2. The van der Waals surface area contributed by atoms with Crippen molar-refractivity contribution in [3.63, 3.8) is 0 Å². The fraction of sp³-hybridized carbons (Fsp3) is 1.00. The average molecular weight is 244 g/mol. The maximum Gasteiger partial charge on any atom is 0.103 e. The van der Waals surface area contributed by atoms with E-state index in [4.69, 9.17) is 9.47 Å². The van der Waals surface area contributed by atoms with Crippen molar-refractivity contribution in [1.29, 1.82) is 0 Å². The maximum absolute atomic E-state index is 9.86. The van der Waals surface area contributed by atoms with Crippen molar-refractivity contribution < 1.29 is 19.7 Å². The molecule has 0 radical (unpaired) electrons. The highest BCUT2D eigenvalue weighted by Crippen LogP contribution is 2.38. The molecule has 17 heavy (non-hydrogen) atoms. The van der Waals surface area contributed by atoms with Crippen LogP contribution in [0, 0.1) is 17.8 Å². The first kappa shape index (κ1) is 13.3. The first-order chi connectivity index (χ1) is 8.00. The van der Waals surface area contributed by atoms with Crippen molar-refractivity contribution in [2.75, 3.05) is 13.2 Å². The number of rotatable bonds is 4. The Kier molecular flexibility index (Phi) is 4.08. The molecule has 0 unspecified atom stereocenters. The molecule has 4 nitrogen and oxygen atoms in total. The Morgan fingerprint density at radius 2 is 1.88 bits per heavy atom. The van der Waals surface area contributed by atoms with E-state index in [9.17, 15) is 10.2 Å². The molecule has 2 rings (SSSR count). The third kappa shape index (κ3) is 2.99. The van der Waals surface area contributed by atoms with Crippen LogP contribution in [0.4, 0.5) is 0 Å². The summed E-state index contributed by atoms with van der Waals surface area (Å²) in [7, 11) is 0. The molecule has 0 aliphatic carbocycles. The lowest BCUT2D eigenvalue weighted by Gasteiger charge is -2.31. The minimum atomic E-state index is -0.742.